The summed E-state index contributed by atoms with van der Waals surface area (Å²) in [5.74, 6) is -0.239. The highest BCUT2D eigenvalue weighted by Crippen LogP contribution is 2.38. The number of thiazole rings is 1. The highest BCUT2D eigenvalue weighted by molar-refractivity contribution is 7.15. The van der Waals surface area contributed by atoms with E-state index >= 15 is 0 Å². The highest BCUT2D eigenvalue weighted by Gasteiger charge is 2.45. The van der Waals surface area contributed by atoms with Crippen LogP contribution < -0.4 is 5.32 Å². The topological polar surface area (TPSA) is 82.0 Å². The van der Waals surface area contributed by atoms with Gasteiger partial charge in [0.05, 0.1) is 16.3 Å². The summed E-state index contributed by atoms with van der Waals surface area (Å²) < 4.78 is 0. The van der Waals surface area contributed by atoms with Crippen LogP contribution in [0.1, 0.15) is 24.3 Å². The Labute approximate surface area is 139 Å². The van der Waals surface area contributed by atoms with E-state index in [9.17, 15) is 4.79 Å². The second kappa shape index (κ2) is 5.42. The van der Waals surface area contributed by atoms with E-state index in [-0.39, 0.29) is 17.8 Å². The normalized spacial score (nSPS) is 24.7. The molecule has 0 radical (unpaired) electrons. The number of aromatic nitrogens is 2. The monoisotopic (exact) mass is 329 g/mol. The minimum absolute atomic E-state index is 0.0663. The maximum absolute atomic E-state index is 12.4. The molecule has 0 aliphatic carbocycles. The summed E-state index contributed by atoms with van der Waals surface area (Å²) in [6.45, 7) is 5.82. The number of amides is 1. The largest absolute Gasteiger partial charge is 0.345 e. The molecule has 0 saturated carbocycles. The Bertz CT molecular complexity index is 786. The summed E-state index contributed by atoms with van der Waals surface area (Å²) in [6, 6.07) is 2.04. The van der Waals surface area contributed by atoms with Gasteiger partial charge in [-0.05, 0) is 25.5 Å². The molecule has 1 unspecified atom stereocenters. The van der Waals surface area contributed by atoms with E-state index in [4.69, 9.17) is 5.41 Å². The summed E-state index contributed by atoms with van der Waals surface area (Å²) in [5, 5.41) is 12.0. The average Bonchev–Trinajstić information content (AvgIpc) is 3.02. The molecular weight excluding hydrogens is 310 g/mol. The van der Waals surface area contributed by atoms with Crippen LogP contribution in [-0.4, -0.2) is 33.8 Å². The SMILES string of the molecule is Cc1cncc(-c2ncc([C@@]3(C)NC(=N)N(C)C(=O)C3C)s2)c1. The molecule has 3 rings (SSSR count). The maximum Gasteiger partial charge on any atom is 0.234 e. The molecule has 1 aliphatic heterocycles. The van der Waals surface area contributed by atoms with Crippen molar-refractivity contribution in [1.82, 2.24) is 20.2 Å². The van der Waals surface area contributed by atoms with Gasteiger partial charge in [0.2, 0.25) is 5.91 Å². The van der Waals surface area contributed by atoms with Gasteiger partial charge in [-0.2, -0.15) is 0 Å². The molecule has 7 heteroatoms. The van der Waals surface area contributed by atoms with Crippen molar-refractivity contribution in [2.24, 2.45) is 5.92 Å². The molecule has 3 heterocycles. The van der Waals surface area contributed by atoms with Crippen LogP contribution in [-0.2, 0) is 10.3 Å². The third-order valence-corrected chi connectivity index (χ3v) is 5.70. The van der Waals surface area contributed by atoms with Gasteiger partial charge < -0.3 is 5.32 Å². The van der Waals surface area contributed by atoms with Crippen molar-refractivity contribution >= 4 is 23.2 Å². The highest BCUT2D eigenvalue weighted by atomic mass is 32.1. The molecule has 6 nitrogen and oxygen atoms in total. The number of guanidine groups is 1. The molecule has 0 aromatic carbocycles. The molecule has 2 aromatic rings. The van der Waals surface area contributed by atoms with Gasteiger partial charge in [-0.25, -0.2) is 4.98 Å². The van der Waals surface area contributed by atoms with E-state index in [0.717, 1.165) is 21.0 Å². The first-order valence-electron chi connectivity index (χ1n) is 7.35. The minimum Gasteiger partial charge on any atom is -0.345 e. The fourth-order valence-electron chi connectivity index (χ4n) is 2.68. The molecule has 0 spiro atoms. The Kier molecular flexibility index (Phi) is 3.68. The summed E-state index contributed by atoms with van der Waals surface area (Å²) in [5.41, 5.74) is 1.41. The first kappa shape index (κ1) is 15.6. The van der Waals surface area contributed by atoms with Gasteiger partial charge >= 0.3 is 0 Å². The van der Waals surface area contributed by atoms with Crippen molar-refractivity contribution in [2.75, 3.05) is 7.05 Å². The van der Waals surface area contributed by atoms with Crippen molar-refractivity contribution in [2.45, 2.75) is 26.3 Å². The second-order valence-corrected chi connectivity index (χ2v) is 7.11. The van der Waals surface area contributed by atoms with Crippen LogP contribution in [0.5, 0.6) is 0 Å². The number of carbonyl (C=O) groups is 1. The molecular formula is C16H19N5OS. The van der Waals surface area contributed by atoms with Crippen LogP contribution in [0.2, 0.25) is 0 Å². The number of hydrogen-bond acceptors (Lipinski definition) is 5. The summed E-state index contributed by atoms with van der Waals surface area (Å²) in [7, 11) is 1.62. The average molecular weight is 329 g/mol. The Morgan fingerprint density at radius 1 is 1.39 bits per heavy atom. The Balaban J connectivity index is 1.99. The number of hydrogen-bond donors (Lipinski definition) is 2. The van der Waals surface area contributed by atoms with E-state index in [0.29, 0.717) is 0 Å². The van der Waals surface area contributed by atoms with Crippen LogP contribution in [0.3, 0.4) is 0 Å². The Hall–Kier alpha value is -2.28. The van der Waals surface area contributed by atoms with Gasteiger partial charge in [0.25, 0.3) is 0 Å². The first-order valence-corrected chi connectivity index (χ1v) is 8.17. The second-order valence-electron chi connectivity index (χ2n) is 6.08. The van der Waals surface area contributed by atoms with Crippen molar-refractivity contribution in [3.8, 4) is 10.6 Å². The summed E-state index contributed by atoms with van der Waals surface area (Å²) in [6.07, 6.45) is 5.38. The predicted molar refractivity (Wildman–Crippen MR) is 90.2 cm³/mol. The smallest absolute Gasteiger partial charge is 0.234 e. The van der Waals surface area contributed by atoms with Crippen molar-refractivity contribution in [1.29, 1.82) is 5.41 Å². The lowest BCUT2D eigenvalue weighted by Crippen LogP contribution is -2.62. The van der Waals surface area contributed by atoms with Crippen molar-refractivity contribution in [3.05, 3.63) is 35.1 Å². The summed E-state index contributed by atoms with van der Waals surface area (Å²) in [4.78, 5) is 23.3. The summed E-state index contributed by atoms with van der Waals surface area (Å²) >= 11 is 1.53. The quantitative estimate of drug-likeness (QED) is 0.886. The number of pyridine rings is 1. The lowest BCUT2D eigenvalue weighted by molar-refractivity contribution is -0.134. The van der Waals surface area contributed by atoms with Gasteiger partial charge in [-0.15, -0.1) is 11.3 Å². The standard InChI is InChI=1S/C16H19N5OS/c1-9-5-11(7-18-6-9)13-19-8-12(23-13)16(3)10(2)14(22)21(4)15(17)20-16/h5-8,10H,1-4H3,(H2,17,20)/t10?,16-/m0/s1. The van der Waals surface area contributed by atoms with Gasteiger partial charge in [-0.3, -0.25) is 20.1 Å². The minimum atomic E-state index is -0.631. The molecule has 120 valence electrons. The molecule has 2 N–H and O–H groups in total. The Morgan fingerprint density at radius 2 is 2.13 bits per heavy atom. The predicted octanol–water partition coefficient (Wildman–Crippen LogP) is 2.36. The van der Waals surface area contributed by atoms with Crippen LogP contribution in [0.25, 0.3) is 10.6 Å². The molecule has 1 aliphatic rings. The van der Waals surface area contributed by atoms with E-state index in [1.54, 1.807) is 25.6 Å². The van der Waals surface area contributed by atoms with E-state index in [1.165, 1.54) is 16.2 Å². The fourth-order valence-corrected chi connectivity index (χ4v) is 3.77. The van der Waals surface area contributed by atoms with E-state index in [1.807, 2.05) is 26.8 Å². The van der Waals surface area contributed by atoms with E-state index < -0.39 is 5.54 Å². The van der Waals surface area contributed by atoms with Gasteiger partial charge in [-0.1, -0.05) is 6.92 Å². The number of nitrogens with one attached hydrogen (secondary N) is 2. The van der Waals surface area contributed by atoms with Crippen LogP contribution in [0.4, 0.5) is 0 Å². The zero-order valence-corrected chi connectivity index (χ0v) is 14.4. The molecule has 2 aromatic heterocycles. The van der Waals surface area contributed by atoms with Crippen LogP contribution in [0, 0.1) is 18.3 Å². The number of aryl methyl sites for hydroxylation is 1. The van der Waals surface area contributed by atoms with Gasteiger partial charge in [0.1, 0.15) is 5.01 Å². The maximum atomic E-state index is 12.4. The van der Waals surface area contributed by atoms with Crippen molar-refractivity contribution < 1.29 is 4.79 Å². The van der Waals surface area contributed by atoms with Crippen LogP contribution >= 0.6 is 11.3 Å². The number of rotatable bonds is 2. The molecule has 23 heavy (non-hydrogen) atoms. The molecule has 2 atom stereocenters. The third kappa shape index (κ3) is 2.50. The fraction of sp³-hybridized carbons (Fsp3) is 0.375. The van der Waals surface area contributed by atoms with E-state index in [2.05, 4.69) is 15.3 Å². The van der Waals surface area contributed by atoms with Crippen LogP contribution in [0.15, 0.2) is 24.7 Å². The third-order valence-electron chi connectivity index (χ3n) is 4.42. The molecule has 1 amide bonds. The van der Waals surface area contributed by atoms with Gasteiger partial charge in [0, 0.05) is 31.2 Å². The first-order chi connectivity index (χ1) is 10.8. The lowest BCUT2D eigenvalue weighted by Gasteiger charge is -2.43. The Morgan fingerprint density at radius 3 is 2.83 bits per heavy atom. The zero-order valence-electron chi connectivity index (χ0n) is 13.5. The van der Waals surface area contributed by atoms with Crippen molar-refractivity contribution in [3.63, 3.8) is 0 Å². The van der Waals surface area contributed by atoms with Gasteiger partial charge in [0.15, 0.2) is 5.96 Å². The lowest BCUT2D eigenvalue weighted by atomic mass is 9.83. The number of nitrogens with zero attached hydrogens (tertiary/aromatic N) is 3. The number of carbonyl (C=O) groups excluding carboxylic acids is 1. The zero-order chi connectivity index (χ0) is 16.8. The molecule has 0 bridgehead atoms. The molecule has 1 saturated heterocycles. The molecule has 1 fully saturated rings.